The summed E-state index contributed by atoms with van der Waals surface area (Å²) in [6, 6.07) is 8.63. The molecule has 1 unspecified atom stereocenters. The molecular weight excluding hydrogens is 227 g/mol. The lowest BCUT2D eigenvalue weighted by Crippen LogP contribution is -2.20. The molecule has 0 aliphatic rings. The summed E-state index contributed by atoms with van der Waals surface area (Å²) in [5.74, 6) is -0.220. The number of aryl methyl sites for hydroxylation is 2. The van der Waals surface area contributed by atoms with E-state index in [4.69, 9.17) is 0 Å². The van der Waals surface area contributed by atoms with Crippen molar-refractivity contribution in [3.63, 3.8) is 0 Å². The van der Waals surface area contributed by atoms with Crippen LogP contribution in [-0.2, 0) is 0 Å². The summed E-state index contributed by atoms with van der Waals surface area (Å²) < 4.78 is 13.0. The zero-order chi connectivity index (χ0) is 13.1. The van der Waals surface area contributed by atoms with E-state index in [0.29, 0.717) is 0 Å². The highest BCUT2D eigenvalue weighted by molar-refractivity contribution is 5.33. The molecule has 2 aromatic rings. The minimum Gasteiger partial charge on any atom is -0.308 e. The van der Waals surface area contributed by atoms with Crippen LogP contribution in [-0.4, -0.2) is 12.0 Å². The number of nitrogens with zero attached hydrogens (tertiary/aromatic N) is 1. The van der Waals surface area contributed by atoms with Crippen LogP contribution in [0.15, 0.2) is 36.5 Å². The Morgan fingerprint density at radius 2 is 1.83 bits per heavy atom. The quantitative estimate of drug-likeness (QED) is 0.897. The maximum atomic E-state index is 13.0. The minimum absolute atomic E-state index is 0.00815. The summed E-state index contributed by atoms with van der Waals surface area (Å²) in [5, 5.41) is 3.23. The summed E-state index contributed by atoms with van der Waals surface area (Å²) in [4.78, 5) is 4.49. The Morgan fingerprint density at radius 1 is 1.17 bits per heavy atom. The highest BCUT2D eigenvalue weighted by Gasteiger charge is 2.15. The molecule has 0 saturated carbocycles. The van der Waals surface area contributed by atoms with Crippen LogP contribution in [0.4, 0.5) is 4.39 Å². The first-order valence-electron chi connectivity index (χ1n) is 5.97. The van der Waals surface area contributed by atoms with E-state index in [1.54, 1.807) is 12.1 Å². The van der Waals surface area contributed by atoms with Gasteiger partial charge in [0.1, 0.15) is 5.82 Å². The van der Waals surface area contributed by atoms with Gasteiger partial charge in [0.2, 0.25) is 0 Å². The second-order valence-electron chi connectivity index (χ2n) is 4.49. The molecule has 1 aromatic carbocycles. The average Bonchev–Trinajstić information content (AvgIpc) is 2.35. The number of halogens is 1. The highest BCUT2D eigenvalue weighted by atomic mass is 19.1. The highest BCUT2D eigenvalue weighted by Crippen LogP contribution is 2.23. The lowest BCUT2D eigenvalue weighted by molar-refractivity contribution is 0.621. The van der Waals surface area contributed by atoms with Crippen LogP contribution >= 0.6 is 0 Å². The molecular formula is C15H17FN2. The molecule has 3 heteroatoms. The van der Waals surface area contributed by atoms with E-state index < -0.39 is 0 Å². The fourth-order valence-electron chi connectivity index (χ4n) is 2.14. The first kappa shape index (κ1) is 12.7. The number of hydrogen-bond acceptors (Lipinski definition) is 2. The van der Waals surface area contributed by atoms with Gasteiger partial charge in [-0.3, -0.25) is 4.98 Å². The van der Waals surface area contributed by atoms with Gasteiger partial charge in [0, 0.05) is 6.20 Å². The SMILES string of the molecule is CNC(c1ccc(F)cc1)c1ncc(C)cc1C. The molecule has 0 saturated heterocycles. The van der Waals surface area contributed by atoms with Crippen LogP contribution in [0.1, 0.15) is 28.4 Å². The van der Waals surface area contributed by atoms with Crippen LogP contribution in [0.2, 0.25) is 0 Å². The maximum Gasteiger partial charge on any atom is 0.123 e. The van der Waals surface area contributed by atoms with Crippen LogP contribution in [0.5, 0.6) is 0 Å². The molecule has 0 amide bonds. The minimum atomic E-state index is -0.220. The molecule has 0 fully saturated rings. The van der Waals surface area contributed by atoms with Gasteiger partial charge < -0.3 is 5.32 Å². The molecule has 1 N–H and O–H groups in total. The van der Waals surface area contributed by atoms with Gasteiger partial charge in [0.05, 0.1) is 11.7 Å². The first-order valence-corrected chi connectivity index (χ1v) is 5.97. The van der Waals surface area contributed by atoms with E-state index >= 15 is 0 Å². The van der Waals surface area contributed by atoms with Crippen molar-refractivity contribution in [1.82, 2.24) is 10.3 Å². The summed E-state index contributed by atoms with van der Waals surface area (Å²) in [5.41, 5.74) is 4.27. The van der Waals surface area contributed by atoms with Crippen molar-refractivity contribution < 1.29 is 4.39 Å². The van der Waals surface area contributed by atoms with Crippen LogP contribution < -0.4 is 5.32 Å². The molecule has 0 radical (unpaired) electrons. The number of nitrogens with one attached hydrogen (secondary N) is 1. The van der Waals surface area contributed by atoms with Gasteiger partial charge >= 0.3 is 0 Å². The van der Waals surface area contributed by atoms with E-state index in [2.05, 4.69) is 16.4 Å². The largest absolute Gasteiger partial charge is 0.308 e. The van der Waals surface area contributed by atoms with E-state index in [1.165, 1.54) is 12.1 Å². The molecule has 1 atom stereocenters. The van der Waals surface area contributed by atoms with Gasteiger partial charge in [-0.05, 0) is 49.7 Å². The van der Waals surface area contributed by atoms with Gasteiger partial charge in [0.25, 0.3) is 0 Å². The predicted molar refractivity (Wildman–Crippen MR) is 71.0 cm³/mol. The third-order valence-electron chi connectivity index (χ3n) is 3.02. The van der Waals surface area contributed by atoms with E-state index in [0.717, 1.165) is 22.4 Å². The van der Waals surface area contributed by atoms with Crippen molar-refractivity contribution in [3.8, 4) is 0 Å². The average molecular weight is 244 g/mol. The summed E-state index contributed by atoms with van der Waals surface area (Å²) in [6.45, 7) is 4.07. The molecule has 0 aliphatic heterocycles. The van der Waals surface area contributed by atoms with Gasteiger partial charge in [-0.2, -0.15) is 0 Å². The van der Waals surface area contributed by atoms with Crippen molar-refractivity contribution in [2.24, 2.45) is 0 Å². The molecule has 1 heterocycles. The molecule has 18 heavy (non-hydrogen) atoms. The van der Waals surface area contributed by atoms with Crippen LogP contribution in [0.3, 0.4) is 0 Å². The fraction of sp³-hybridized carbons (Fsp3) is 0.267. The molecule has 0 bridgehead atoms. The Labute approximate surface area is 107 Å². The van der Waals surface area contributed by atoms with Gasteiger partial charge in [-0.1, -0.05) is 18.2 Å². The number of benzene rings is 1. The molecule has 2 rings (SSSR count). The Hall–Kier alpha value is -1.74. The number of pyridine rings is 1. The molecule has 1 aromatic heterocycles. The van der Waals surface area contributed by atoms with E-state index in [1.807, 2.05) is 27.1 Å². The summed E-state index contributed by atoms with van der Waals surface area (Å²) in [7, 11) is 1.88. The monoisotopic (exact) mass is 244 g/mol. The Morgan fingerprint density at radius 3 is 2.39 bits per heavy atom. The third-order valence-corrected chi connectivity index (χ3v) is 3.02. The van der Waals surface area contributed by atoms with E-state index in [-0.39, 0.29) is 11.9 Å². The van der Waals surface area contributed by atoms with Crippen molar-refractivity contribution in [2.45, 2.75) is 19.9 Å². The third kappa shape index (κ3) is 2.57. The fourth-order valence-corrected chi connectivity index (χ4v) is 2.14. The van der Waals surface area contributed by atoms with Crippen molar-refractivity contribution >= 4 is 0 Å². The lowest BCUT2D eigenvalue weighted by Gasteiger charge is -2.18. The smallest absolute Gasteiger partial charge is 0.123 e. The topological polar surface area (TPSA) is 24.9 Å². The second kappa shape index (κ2) is 5.27. The first-order chi connectivity index (χ1) is 8.61. The molecule has 0 aliphatic carbocycles. The summed E-state index contributed by atoms with van der Waals surface area (Å²) >= 11 is 0. The molecule has 0 spiro atoms. The van der Waals surface area contributed by atoms with Crippen molar-refractivity contribution in [1.29, 1.82) is 0 Å². The van der Waals surface area contributed by atoms with Crippen molar-refractivity contribution in [3.05, 3.63) is 64.7 Å². The molecule has 2 nitrogen and oxygen atoms in total. The summed E-state index contributed by atoms with van der Waals surface area (Å²) in [6.07, 6.45) is 1.86. The van der Waals surface area contributed by atoms with Gasteiger partial charge in [0.15, 0.2) is 0 Å². The Balaban J connectivity index is 2.41. The standard InChI is InChI=1S/C15H17FN2/c1-10-8-11(2)14(18-9-10)15(17-3)12-4-6-13(16)7-5-12/h4-9,15,17H,1-3H3. The maximum absolute atomic E-state index is 13.0. The zero-order valence-electron chi connectivity index (χ0n) is 10.9. The predicted octanol–water partition coefficient (Wildman–Crippen LogP) is 3.15. The Kier molecular flexibility index (Phi) is 3.72. The van der Waals surface area contributed by atoms with Crippen molar-refractivity contribution in [2.75, 3.05) is 7.05 Å². The van der Waals surface area contributed by atoms with Gasteiger partial charge in [-0.15, -0.1) is 0 Å². The second-order valence-corrected chi connectivity index (χ2v) is 4.49. The zero-order valence-corrected chi connectivity index (χ0v) is 10.9. The number of rotatable bonds is 3. The molecule has 94 valence electrons. The number of hydrogen-bond donors (Lipinski definition) is 1. The normalized spacial score (nSPS) is 12.4. The van der Waals surface area contributed by atoms with Crippen LogP contribution in [0.25, 0.3) is 0 Å². The Bertz CT molecular complexity index is 535. The number of aromatic nitrogens is 1. The van der Waals surface area contributed by atoms with Gasteiger partial charge in [-0.25, -0.2) is 4.39 Å². The lowest BCUT2D eigenvalue weighted by atomic mass is 9.99. The van der Waals surface area contributed by atoms with Crippen LogP contribution in [0, 0.1) is 19.7 Å². The van der Waals surface area contributed by atoms with E-state index in [9.17, 15) is 4.39 Å².